The average Bonchev–Trinajstić information content (AvgIpc) is 2.80. The summed E-state index contributed by atoms with van der Waals surface area (Å²) in [5.41, 5.74) is 0.708. The molecule has 1 aliphatic rings. The summed E-state index contributed by atoms with van der Waals surface area (Å²) >= 11 is 0. The molecule has 0 aromatic heterocycles. The second-order valence-electron chi connectivity index (χ2n) is 5.07. The first-order chi connectivity index (χ1) is 11.5. The number of carbonyl (C=O) groups is 3. The quantitative estimate of drug-likeness (QED) is 0.624. The number of hydrogen-bond acceptors (Lipinski definition) is 4. The largest absolute Gasteiger partial charge is 0.435 e. The van der Waals surface area contributed by atoms with E-state index in [0.29, 0.717) is 0 Å². The molecule has 0 atom stereocenters. The van der Waals surface area contributed by atoms with Crippen molar-refractivity contribution in [3.05, 3.63) is 65.2 Å². The van der Waals surface area contributed by atoms with Gasteiger partial charge in [-0.25, -0.2) is 0 Å². The van der Waals surface area contributed by atoms with Crippen molar-refractivity contribution in [1.29, 1.82) is 0 Å². The van der Waals surface area contributed by atoms with E-state index >= 15 is 0 Å². The first-order valence-electron chi connectivity index (χ1n) is 7.00. The van der Waals surface area contributed by atoms with Crippen LogP contribution in [0.1, 0.15) is 31.1 Å². The Hall–Kier alpha value is -3.09. The van der Waals surface area contributed by atoms with Crippen molar-refractivity contribution < 1.29 is 27.9 Å². The lowest BCUT2D eigenvalue weighted by Crippen LogP contribution is -2.34. The number of hydrogen-bond donors (Lipinski definition) is 0. The smallest absolute Gasteiger partial charge is 0.387 e. The third-order valence-electron chi connectivity index (χ3n) is 3.58. The number of carbonyl (C=O) groups excluding carboxylic acids is 3. The van der Waals surface area contributed by atoms with Crippen molar-refractivity contribution in [2.75, 3.05) is 6.54 Å². The monoisotopic (exact) mass is 331 g/mol. The van der Waals surface area contributed by atoms with Gasteiger partial charge in [-0.1, -0.05) is 12.1 Å². The number of rotatable bonds is 5. The van der Waals surface area contributed by atoms with E-state index in [2.05, 4.69) is 4.74 Å². The molecule has 7 heteroatoms. The summed E-state index contributed by atoms with van der Waals surface area (Å²) in [6.07, 6.45) is 0. The molecule has 122 valence electrons. The maximum atomic E-state index is 12.2. The molecule has 0 N–H and O–H groups in total. The molecule has 0 unspecified atom stereocenters. The van der Waals surface area contributed by atoms with Gasteiger partial charge in [-0.15, -0.1) is 0 Å². The Labute approximate surface area is 135 Å². The zero-order chi connectivity index (χ0) is 17.3. The standard InChI is InChI=1S/C17H11F2NO4/c18-17(19)24-11-7-5-10(6-8-11)14(21)9-20-15(22)12-3-1-2-4-13(12)16(20)23/h1-8,17H,9H2. The summed E-state index contributed by atoms with van der Waals surface area (Å²) < 4.78 is 28.4. The van der Waals surface area contributed by atoms with Gasteiger partial charge in [-0.3, -0.25) is 19.3 Å². The van der Waals surface area contributed by atoms with E-state index < -0.39 is 30.8 Å². The molecule has 0 spiro atoms. The predicted molar refractivity (Wildman–Crippen MR) is 79.2 cm³/mol. The third-order valence-corrected chi connectivity index (χ3v) is 3.58. The molecule has 0 radical (unpaired) electrons. The van der Waals surface area contributed by atoms with Crippen LogP contribution in [0.2, 0.25) is 0 Å². The van der Waals surface area contributed by atoms with Gasteiger partial charge in [0.25, 0.3) is 11.8 Å². The van der Waals surface area contributed by atoms with Crippen LogP contribution in [0.3, 0.4) is 0 Å². The molecule has 1 aliphatic heterocycles. The second-order valence-corrected chi connectivity index (χ2v) is 5.07. The van der Waals surface area contributed by atoms with Gasteiger partial charge >= 0.3 is 6.61 Å². The molecule has 2 amide bonds. The fourth-order valence-electron chi connectivity index (χ4n) is 2.44. The molecule has 0 bridgehead atoms. The van der Waals surface area contributed by atoms with Crippen LogP contribution in [0, 0.1) is 0 Å². The Morgan fingerprint density at radius 1 is 0.958 bits per heavy atom. The number of Topliss-reactive ketones (excluding diaryl/α,β-unsaturated/α-hetero) is 1. The minimum Gasteiger partial charge on any atom is -0.435 e. The van der Waals surface area contributed by atoms with Gasteiger partial charge in [0.2, 0.25) is 0 Å². The minimum atomic E-state index is -2.95. The number of imide groups is 1. The molecule has 0 aliphatic carbocycles. The van der Waals surface area contributed by atoms with Gasteiger partial charge in [0.1, 0.15) is 5.75 Å². The molecule has 1 heterocycles. The van der Waals surface area contributed by atoms with E-state index in [4.69, 9.17) is 0 Å². The van der Waals surface area contributed by atoms with Crippen LogP contribution in [0.25, 0.3) is 0 Å². The molecule has 2 aromatic rings. The third kappa shape index (κ3) is 2.88. The van der Waals surface area contributed by atoms with E-state index in [1.807, 2.05) is 0 Å². The Bertz CT molecular complexity index is 783. The van der Waals surface area contributed by atoms with E-state index in [0.717, 1.165) is 4.90 Å². The number of nitrogens with zero attached hydrogens (tertiary/aromatic N) is 1. The zero-order valence-corrected chi connectivity index (χ0v) is 12.2. The average molecular weight is 331 g/mol. The van der Waals surface area contributed by atoms with Crippen LogP contribution >= 0.6 is 0 Å². The number of ether oxygens (including phenoxy) is 1. The highest BCUT2D eigenvalue weighted by atomic mass is 19.3. The number of alkyl halides is 2. The minimum absolute atomic E-state index is 0.0812. The van der Waals surface area contributed by atoms with Crippen molar-refractivity contribution in [1.82, 2.24) is 4.90 Å². The van der Waals surface area contributed by atoms with E-state index in [1.165, 1.54) is 36.4 Å². The molecule has 0 saturated carbocycles. The summed E-state index contributed by atoms with van der Waals surface area (Å²) in [5, 5.41) is 0. The van der Waals surface area contributed by atoms with Crippen molar-refractivity contribution in [3.8, 4) is 5.75 Å². The van der Waals surface area contributed by atoms with Crippen LogP contribution in [0.5, 0.6) is 5.75 Å². The lowest BCUT2D eigenvalue weighted by Gasteiger charge is -2.13. The fraction of sp³-hybridized carbons (Fsp3) is 0.118. The van der Waals surface area contributed by atoms with Crippen LogP contribution in [-0.4, -0.2) is 35.7 Å². The number of ketones is 1. The summed E-state index contributed by atoms with van der Waals surface area (Å²) in [6, 6.07) is 11.4. The van der Waals surface area contributed by atoms with Gasteiger partial charge in [0.05, 0.1) is 17.7 Å². The fourth-order valence-corrected chi connectivity index (χ4v) is 2.44. The van der Waals surface area contributed by atoms with E-state index in [-0.39, 0.29) is 22.4 Å². The predicted octanol–water partition coefficient (Wildman–Crippen LogP) is 2.77. The van der Waals surface area contributed by atoms with E-state index in [9.17, 15) is 23.2 Å². The Kier molecular flexibility index (Phi) is 4.07. The van der Waals surface area contributed by atoms with Crippen molar-refractivity contribution in [3.63, 3.8) is 0 Å². The summed E-state index contributed by atoms with van der Waals surface area (Å²) in [5.74, 6) is -1.61. The molecule has 3 rings (SSSR count). The number of fused-ring (bicyclic) bond motifs is 1. The van der Waals surface area contributed by atoms with Crippen molar-refractivity contribution in [2.24, 2.45) is 0 Å². The van der Waals surface area contributed by atoms with Crippen LogP contribution in [-0.2, 0) is 0 Å². The van der Waals surface area contributed by atoms with Gasteiger partial charge in [-0.2, -0.15) is 8.78 Å². The molecule has 5 nitrogen and oxygen atoms in total. The lowest BCUT2D eigenvalue weighted by molar-refractivity contribution is -0.0498. The Balaban J connectivity index is 1.74. The topological polar surface area (TPSA) is 63.7 Å². The number of benzene rings is 2. The van der Waals surface area contributed by atoms with Crippen molar-refractivity contribution >= 4 is 17.6 Å². The first-order valence-corrected chi connectivity index (χ1v) is 7.00. The summed E-state index contributed by atoms with van der Waals surface area (Å²) in [4.78, 5) is 37.5. The SMILES string of the molecule is O=C(CN1C(=O)c2ccccc2C1=O)c1ccc(OC(F)F)cc1. The van der Waals surface area contributed by atoms with Gasteiger partial charge in [0, 0.05) is 5.56 Å². The molecule has 24 heavy (non-hydrogen) atoms. The highest BCUT2D eigenvalue weighted by Crippen LogP contribution is 2.23. The number of halogens is 2. The van der Waals surface area contributed by atoms with Crippen LogP contribution in [0.4, 0.5) is 8.78 Å². The molecule has 0 fully saturated rings. The summed E-state index contributed by atoms with van der Waals surface area (Å²) in [6.45, 7) is -3.37. The first kappa shape index (κ1) is 15.8. The number of amides is 2. The maximum Gasteiger partial charge on any atom is 0.387 e. The normalized spacial score (nSPS) is 13.4. The van der Waals surface area contributed by atoms with Crippen molar-refractivity contribution in [2.45, 2.75) is 6.61 Å². The van der Waals surface area contributed by atoms with Gasteiger partial charge < -0.3 is 4.74 Å². The summed E-state index contributed by atoms with van der Waals surface area (Å²) in [7, 11) is 0. The molecule has 0 saturated heterocycles. The highest BCUT2D eigenvalue weighted by Gasteiger charge is 2.36. The van der Waals surface area contributed by atoms with Crippen LogP contribution in [0.15, 0.2) is 48.5 Å². The van der Waals surface area contributed by atoms with Gasteiger partial charge in [0.15, 0.2) is 5.78 Å². The van der Waals surface area contributed by atoms with E-state index in [1.54, 1.807) is 12.1 Å². The Morgan fingerprint density at radius 3 is 2.00 bits per heavy atom. The van der Waals surface area contributed by atoms with Gasteiger partial charge in [-0.05, 0) is 36.4 Å². The zero-order valence-electron chi connectivity index (χ0n) is 12.2. The molecule has 2 aromatic carbocycles. The molecular formula is C17H11F2NO4. The Morgan fingerprint density at radius 2 is 1.50 bits per heavy atom. The lowest BCUT2D eigenvalue weighted by atomic mass is 10.1. The van der Waals surface area contributed by atoms with Crippen LogP contribution < -0.4 is 4.74 Å². The second kappa shape index (κ2) is 6.19. The maximum absolute atomic E-state index is 12.2. The molecular weight excluding hydrogens is 320 g/mol. The highest BCUT2D eigenvalue weighted by molar-refractivity contribution is 6.23.